The highest BCUT2D eigenvalue weighted by Crippen LogP contribution is 2.34. The van der Waals surface area contributed by atoms with E-state index in [9.17, 15) is 5.11 Å². The van der Waals surface area contributed by atoms with E-state index in [-0.39, 0.29) is 6.79 Å². The summed E-state index contributed by atoms with van der Waals surface area (Å²) in [7, 11) is 0. The van der Waals surface area contributed by atoms with E-state index in [1.54, 1.807) is 18.6 Å². The molecule has 0 spiro atoms. The van der Waals surface area contributed by atoms with Crippen LogP contribution in [-0.2, 0) is 0 Å². The number of aromatic nitrogens is 2. The third-order valence-electron chi connectivity index (χ3n) is 4.46. The molecule has 3 heterocycles. The summed E-state index contributed by atoms with van der Waals surface area (Å²) in [6, 6.07) is 5.61. The third-order valence-corrected chi connectivity index (χ3v) is 4.46. The SMILES string of the molecule is O[C@H](CN1CCN(c2cnccn2)CC1)c1ccc2c(c1)OCO2. The van der Waals surface area contributed by atoms with Gasteiger partial charge in [0, 0.05) is 45.1 Å². The lowest BCUT2D eigenvalue weighted by Gasteiger charge is -2.36. The van der Waals surface area contributed by atoms with Gasteiger partial charge in [-0.05, 0) is 17.7 Å². The average molecular weight is 328 g/mol. The number of piperazine rings is 1. The molecule has 7 nitrogen and oxygen atoms in total. The molecule has 1 fully saturated rings. The lowest BCUT2D eigenvalue weighted by atomic mass is 10.1. The predicted octanol–water partition coefficient (Wildman–Crippen LogP) is 1.06. The molecule has 24 heavy (non-hydrogen) atoms. The highest BCUT2D eigenvalue weighted by Gasteiger charge is 2.22. The molecule has 0 amide bonds. The summed E-state index contributed by atoms with van der Waals surface area (Å²) in [4.78, 5) is 12.9. The Kier molecular flexibility index (Phi) is 4.18. The maximum atomic E-state index is 10.5. The van der Waals surface area contributed by atoms with Crippen LogP contribution in [0.25, 0.3) is 0 Å². The van der Waals surface area contributed by atoms with E-state index in [0.29, 0.717) is 12.3 Å². The predicted molar refractivity (Wildman–Crippen MR) is 88.2 cm³/mol. The van der Waals surface area contributed by atoms with Crippen molar-refractivity contribution in [2.45, 2.75) is 6.10 Å². The van der Waals surface area contributed by atoms with Crippen molar-refractivity contribution in [3.05, 3.63) is 42.4 Å². The first-order chi connectivity index (χ1) is 11.8. The second kappa shape index (κ2) is 6.62. The quantitative estimate of drug-likeness (QED) is 0.900. The van der Waals surface area contributed by atoms with Crippen molar-refractivity contribution >= 4 is 5.82 Å². The maximum Gasteiger partial charge on any atom is 0.231 e. The number of hydrogen-bond donors (Lipinski definition) is 1. The summed E-state index contributed by atoms with van der Waals surface area (Å²) in [5.74, 6) is 2.36. The number of ether oxygens (including phenoxy) is 2. The highest BCUT2D eigenvalue weighted by molar-refractivity contribution is 5.45. The van der Waals surface area contributed by atoms with Crippen LogP contribution in [0.4, 0.5) is 5.82 Å². The van der Waals surface area contributed by atoms with E-state index < -0.39 is 6.10 Å². The molecule has 2 aliphatic rings. The molecular formula is C17H20N4O3. The molecule has 0 unspecified atom stereocenters. The van der Waals surface area contributed by atoms with Gasteiger partial charge in [-0.3, -0.25) is 9.88 Å². The Labute approximate surface area is 140 Å². The Bertz CT molecular complexity index is 689. The minimum atomic E-state index is -0.539. The van der Waals surface area contributed by atoms with E-state index in [4.69, 9.17) is 9.47 Å². The molecule has 1 saturated heterocycles. The second-order valence-corrected chi connectivity index (χ2v) is 5.98. The van der Waals surface area contributed by atoms with Gasteiger partial charge in [-0.15, -0.1) is 0 Å². The molecule has 0 bridgehead atoms. The van der Waals surface area contributed by atoms with Crippen LogP contribution in [0.3, 0.4) is 0 Å². The van der Waals surface area contributed by atoms with Gasteiger partial charge in [0.05, 0.1) is 12.3 Å². The highest BCUT2D eigenvalue weighted by atomic mass is 16.7. The molecule has 2 aromatic rings. The molecule has 7 heteroatoms. The van der Waals surface area contributed by atoms with Gasteiger partial charge in [-0.2, -0.15) is 0 Å². The van der Waals surface area contributed by atoms with Gasteiger partial charge in [0.2, 0.25) is 6.79 Å². The normalized spacial score (nSPS) is 18.6. The molecule has 0 aliphatic carbocycles. The molecule has 1 aromatic heterocycles. The Morgan fingerprint density at radius 1 is 1.08 bits per heavy atom. The summed E-state index contributed by atoms with van der Waals surface area (Å²) in [5, 5.41) is 10.5. The lowest BCUT2D eigenvalue weighted by Crippen LogP contribution is -2.47. The lowest BCUT2D eigenvalue weighted by molar-refractivity contribution is 0.109. The third kappa shape index (κ3) is 3.13. The fourth-order valence-corrected chi connectivity index (χ4v) is 3.08. The van der Waals surface area contributed by atoms with Crippen molar-refractivity contribution in [3.8, 4) is 11.5 Å². The van der Waals surface area contributed by atoms with Crippen LogP contribution in [0.15, 0.2) is 36.8 Å². The first kappa shape index (κ1) is 15.2. The molecule has 0 saturated carbocycles. The van der Waals surface area contributed by atoms with Gasteiger partial charge in [-0.25, -0.2) is 4.98 Å². The van der Waals surface area contributed by atoms with Gasteiger partial charge in [0.1, 0.15) is 5.82 Å². The zero-order chi connectivity index (χ0) is 16.4. The van der Waals surface area contributed by atoms with E-state index in [1.807, 2.05) is 18.2 Å². The Hall–Kier alpha value is -2.38. The summed E-state index contributed by atoms with van der Waals surface area (Å²) < 4.78 is 10.7. The molecule has 2 aliphatic heterocycles. The zero-order valence-electron chi connectivity index (χ0n) is 13.3. The maximum absolute atomic E-state index is 10.5. The first-order valence-corrected chi connectivity index (χ1v) is 8.10. The average Bonchev–Trinajstić information content (AvgIpc) is 3.11. The zero-order valence-corrected chi connectivity index (χ0v) is 13.3. The van der Waals surface area contributed by atoms with Crippen LogP contribution in [0.5, 0.6) is 11.5 Å². The number of aliphatic hydroxyl groups excluding tert-OH is 1. The van der Waals surface area contributed by atoms with Crippen LogP contribution in [0.1, 0.15) is 11.7 Å². The summed E-state index contributed by atoms with van der Waals surface area (Å²) in [6.07, 6.45) is 4.64. The first-order valence-electron chi connectivity index (χ1n) is 8.10. The number of β-amino-alcohol motifs (C(OH)–C–C–N with tert-alkyl or cyclic N) is 1. The number of nitrogens with zero attached hydrogens (tertiary/aromatic N) is 4. The van der Waals surface area contributed by atoms with Gasteiger partial charge < -0.3 is 19.5 Å². The fourth-order valence-electron chi connectivity index (χ4n) is 3.08. The van der Waals surface area contributed by atoms with Gasteiger partial charge in [0.25, 0.3) is 0 Å². The van der Waals surface area contributed by atoms with Gasteiger partial charge >= 0.3 is 0 Å². The van der Waals surface area contributed by atoms with E-state index in [1.165, 1.54) is 0 Å². The Balaban J connectivity index is 1.33. The minimum absolute atomic E-state index is 0.249. The number of anilines is 1. The molecule has 1 atom stereocenters. The molecule has 0 radical (unpaired) electrons. The number of hydrogen-bond acceptors (Lipinski definition) is 7. The fraction of sp³-hybridized carbons (Fsp3) is 0.412. The Morgan fingerprint density at radius 2 is 1.92 bits per heavy atom. The summed E-state index contributed by atoms with van der Waals surface area (Å²) in [6.45, 7) is 4.39. The summed E-state index contributed by atoms with van der Waals surface area (Å²) in [5.41, 5.74) is 0.857. The van der Waals surface area contributed by atoms with Gasteiger partial charge in [-0.1, -0.05) is 6.07 Å². The smallest absolute Gasteiger partial charge is 0.231 e. The van der Waals surface area contributed by atoms with Crippen molar-refractivity contribution in [3.63, 3.8) is 0 Å². The molecule has 1 N–H and O–H groups in total. The molecule has 1 aromatic carbocycles. The van der Waals surface area contributed by atoms with E-state index in [0.717, 1.165) is 43.3 Å². The van der Waals surface area contributed by atoms with Crippen LogP contribution in [0.2, 0.25) is 0 Å². The molecule has 126 valence electrons. The minimum Gasteiger partial charge on any atom is -0.454 e. The number of rotatable bonds is 4. The van der Waals surface area contributed by atoms with Crippen molar-refractivity contribution in [1.82, 2.24) is 14.9 Å². The van der Waals surface area contributed by atoms with Crippen molar-refractivity contribution in [1.29, 1.82) is 0 Å². The second-order valence-electron chi connectivity index (χ2n) is 5.98. The molecular weight excluding hydrogens is 308 g/mol. The van der Waals surface area contributed by atoms with Gasteiger partial charge in [0.15, 0.2) is 11.5 Å². The number of aliphatic hydroxyl groups is 1. The van der Waals surface area contributed by atoms with Crippen molar-refractivity contribution < 1.29 is 14.6 Å². The van der Waals surface area contributed by atoms with Crippen molar-refractivity contribution in [2.24, 2.45) is 0 Å². The van der Waals surface area contributed by atoms with E-state index >= 15 is 0 Å². The summed E-state index contributed by atoms with van der Waals surface area (Å²) >= 11 is 0. The topological polar surface area (TPSA) is 71.0 Å². The largest absolute Gasteiger partial charge is 0.454 e. The van der Waals surface area contributed by atoms with Crippen LogP contribution in [-0.4, -0.2) is 59.5 Å². The molecule has 4 rings (SSSR count). The van der Waals surface area contributed by atoms with E-state index in [2.05, 4.69) is 19.8 Å². The number of fused-ring (bicyclic) bond motifs is 1. The van der Waals surface area contributed by atoms with Crippen LogP contribution >= 0.6 is 0 Å². The van der Waals surface area contributed by atoms with Crippen LogP contribution in [0, 0.1) is 0 Å². The Morgan fingerprint density at radius 3 is 2.71 bits per heavy atom. The number of benzene rings is 1. The monoisotopic (exact) mass is 328 g/mol. The standard InChI is InChI=1S/C17H20N4O3/c22-14(13-1-2-15-16(9-13)24-12-23-15)11-20-5-7-21(8-6-20)17-10-18-3-4-19-17/h1-4,9-10,14,22H,5-8,11-12H2/t14-/m1/s1. The van der Waals surface area contributed by atoms with Crippen LogP contribution < -0.4 is 14.4 Å². The van der Waals surface area contributed by atoms with Crippen molar-refractivity contribution in [2.75, 3.05) is 44.4 Å².